The molecule has 15 heavy (non-hydrogen) atoms. The molecule has 0 unspecified atom stereocenters. The van der Waals surface area contributed by atoms with Gasteiger partial charge in [-0.25, -0.2) is 0 Å². The summed E-state index contributed by atoms with van der Waals surface area (Å²) in [5.74, 6) is 0.935. The van der Waals surface area contributed by atoms with Crippen LogP contribution in [0, 0.1) is 5.92 Å². The lowest BCUT2D eigenvalue weighted by atomic mass is 10.1. The van der Waals surface area contributed by atoms with E-state index in [4.69, 9.17) is 15.3 Å². The van der Waals surface area contributed by atoms with E-state index in [1.807, 2.05) is 0 Å². The molecular formula is C9H28O6. The molecule has 0 saturated heterocycles. The summed E-state index contributed by atoms with van der Waals surface area (Å²) >= 11 is 0. The van der Waals surface area contributed by atoms with Crippen molar-refractivity contribution in [3.05, 3.63) is 0 Å². The van der Waals surface area contributed by atoms with Gasteiger partial charge in [0.2, 0.25) is 0 Å². The van der Waals surface area contributed by atoms with Gasteiger partial charge in [-0.1, -0.05) is 33.6 Å². The average Bonchev–Trinajstić information content (AvgIpc) is 2.16. The Morgan fingerprint density at radius 1 is 0.867 bits per heavy atom. The molecule has 0 aromatic carbocycles. The van der Waals surface area contributed by atoms with Crippen LogP contribution in [0.25, 0.3) is 0 Å². The van der Waals surface area contributed by atoms with Crippen molar-refractivity contribution in [2.75, 3.05) is 13.2 Å². The molecule has 0 aromatic heterocycles. The average molecular weight is 232 g/mol. The molecule has 0 aliphatic carbocycles. The van der Waals surface area contributed by atoms with Crippen LogP contribution in [-0.4, -0.2) is 51.1 Å². The molecular weight excluding hydrogens is 204 g/mol. The van der Waals surface area contributed by atoms with Gasteiger partial charge in [0.15, 0.2) is 0 Å². The zero-order valence-electron chi connectivity index (χ0n) is 9.82. The highest BCUT2D eigenvalue weighted by atomic mass is 16.3. The Labute approximate surface area is 91.5 Å². The van der Waals surface area contributed by atoms with E-state index < -0.39 is 6.10 Å². The number of aliphatic hydroxyl groups excluding tert-OH is 3. The Hall–Kier alpha value is -0.240. The molecule has 0 aliphatic rings. The zero-order valence-corrected chi connectivity index (χ0v) is 9.82. The Kier molecular flexibility index (Phi) is 46.0. The number of rotatable bonds is 4. The molecule has 9 N–H and O–H groups in total. The summed E-state index contributed by atoms with van der Waals surface area (Å²) in [6.45, 7) is 6.01. The lowest BCUT2D eigenvalue weighted by molar-refractivity contribution is 0.0450. The molecule has 0 heterocycles. The van der Waals surface area contributed by atoms with E-state index in [9.17, 15) is 0 Å². The van der Waals surface area contributed by atoms with Crippen molar-refractivity contribution in [2.24, 2.45) is 5.92 Å². The molecule has 6 heteroatoms. The van der Waals surface area contributed by atoms with Crippen molar-refractivity contribution >= 4 is 0 Å². The van der Waals surface area contributed by atoms with Gasteiger partial charge in [0.05, 0.1) is 13.2 Å². The maximum absolute atomic E-state index is 8.17. The normalized spacial score (nSPS) is 8.00. The minimum atomic E-state index is -0.954. The molecule has 0 aromatic rings. The summed E-state index contributed by atoms with van der Waals surface area (Å²) < 4.78 is 0. The van der Waals surface area contributed by atoms with Crippen LogP contribution in [0.2, 0.25) is 0 Å². The summed E-state index contributed by atoms with van der Waals surface area (Å²) in [7, 11) is 0. The zero-order chi connectivity index (χ0) is 9.98. The Balaban J connectivity index is -0.0000000370. The Morgan fingerprint density at radius 2 is 1.13 bits per heavy atom. The molecule has 0 fully saturated rings. The lowest BCUT2D eigenvalue weighted by Gasteiger charge is -1.98. The number of aliphatic hydroxyl groups is 3. The molecule has 100 valence electrons. The highest BCUT2D eigenvalue weighted by Gasteiger charge is 1.93. The minimum absolute atomic E-state index is 0. The van der Waals surface area contributed by atoms with Gasteiger partial charge in [0.1, 0.15) is 6.10 Å². The van der Waals surface area contributed by atoms with E-state index >= 15 is 0 Å². The van der Waals surface area contributed by atoms with E-state index in [-0.39, 0.29) is 29.6 Å². The maximum Gasteiger partial charge on any atom is 0.100 e. The van der Waals surface area contributed by atoms with Gasteiger partial charge in [-0.2, -0.15) is 0 Å². The van der Waals surface area contributed by atoms with Crippen LogP contribution in [0.5, 0.6) is 0 Å². The first-order valence-corrected chi connectivity index (χ1v) is 4.52. The van der Waals surface area contributed by atoms with E-state index in [0.717, 1.165) is 5.92 Å². The molecule has 6 nitrogen and oxygen atoms in total. The largest absolute Gasteiger partial charge is 0.412 e. The van der Waals surface area contributed by atoms with Gasteiger partial charge >= 0.3 is 0 Å². The van der Waals surface area contributed by atoms with E-state index in [0.29, 0.717) is 0 Å². The van der Waals surface area contributed by atoms with Crippen LogP contribution in [0.15, 0.2) is 0 Å². The summed E-state index contributed by atoms with van der Waals surface area (Å²) in [4.78, 5) is 0. The van der Waals surface area contributed by atoms with Crippen molar-refractivity contribution in [3.8, 4) is 0 Å². The predicted octanol–water partition coefficient (Wildman–Crippen LogP) is -1.70. The Bertz CT molecular complexity index is 63.0. The fourth-order valence-corrected chi connectivity index (χ4v) is 0.346. The van der Waals surface area contributed by atoms with Crippen LogP contribution < -0.4 is 0 Å². The fraction of sp³-hybridized carbons (Fsp3) is 1.00. The fourth-order valence-electron chi connectivity index (χ4n) is 0.346. The second kappa shape index (κ2) is 23.5. The predicted molar refractivity (Wildman–Crippen MR) is 60.8 cm³/mol. The third kappa shape index (κ3) is 31.6. The van der Waals surface area contributed by atoms with Crippen LogP contribution in [0.4, 0.5) is 0 Å². The second-order valence-corrected chi connectivity index (χ2v) is 2.94. The third-order valence-electron chi connectivity index (χ3n) is 1.82. The monoisotopic (exact) mass is 232 g/mol. The van der Waals surface area contributed by atoms with Crippen molar-refractivity contribution < 1.29 is 31.7 Å². The first-order valence-electron chi connectivity index (χ1n) is 4.52. The Morgan fingerprint density at radius 3 is 1.13 bits per heavy atom. The van der Waals surface area contributed by atoms with Gasteiger partial charge < -0.3 is 31.7 Å². The molecule has 0 saturated carbocycles. The van der Waals surface area contributed by atoms with Crippen LogP contribution in [0.1, 0.15) is 33.6 Å². The van der Waals surface area contributed by atoms with Gasteiger partial charge in [-0.3, -0.25) is 0 Å². The van der Waals surface area contributed by atoms with Crippen molar-refractivity contribution in [2.45, 2.75) is 39.7 Å². The van der Waals surface area contributed by atoms with Gasteiger partial charge in [0, 0.05) is 0 Å². The van der Waals surface area contributed by atoms with Crippen molar-refractivity contribution in [1.29, 1.82) is 0 Å². The summed E-state index contributed by atoms with van der Waals surface area (Å²) in [6, 6.07) is 0. The van der Waals surface area contributed by atoms with E-state index in [1.54, 1.807) is 0 Å². The van der Waals surface area contributed by atoms with E-state index in [1.165, 1.54) is 12.8 Å². The lowest BCUT2D eigenvalue weighted by Crippen LogP contribution is -2.15. The first-order chi connectivity index (χ1) is 5.62. The first kappa shape index (κ1) is 29.3. The van der Waals surface area contributed by atoms with Crippen molar-refractivity contribution in [1.82, 2.24) is 0 Å². The molecule has 0 radical (unpaired) electrons. The van der Waals surface area contributed by atoms with Gasteiger partial charge in [0.25, 0.3) is 0 Å². The topological polar surface area (TPSA) is 155 Å². The van der Waals surface area contributed by atoms with Gasteiger partial charge in [-0.05, 0) is 5.92 Å². The molecule has 0 spiro atoms. The maximum atomic E-state index is 8.17. The molecule has 0 amide bonds. The minimum Gasteiger partial charge on any atom is -0.412 e. The standard InChI is InChI=1S/C6H14.C3H8O3.3H2O/c1-4-6(3)5-2;4-1-3(6)2-5;;;/h6H,4-5H2,1-3H3;3-6H,1-2H2;3*1H2. The molecule has 0 bridgehead atoms. The SMILES string of the molecule is CCC(C)CC.O.O.O.OCC(O)CO. The van der Waals surface area contributed by atoms with Crippen LogP contribution in [0.3, 0.4) is 0 Å². The highest BCUT2D eigenvalue weighted by molar-refractivity contribution is 4.44. The van der Waals surface area contributed by atoms with Crippen LogP contribution in [-0.2, 0) is 0 Å². The molecule has 0 atom stereocenters. The molecule has 0 rings (SSSR count). The summed E-state index contributed by atoms with van der Waals surface area (Å²) in [6.07, 6.45) is 1.71. The van der Waals surface area contributed by atoms with Gasteiger partial charge in [-0.15, -0.1) is 0 Å². The summed E-state index contributed by atoms with van der Waals surface area (Å²) in [5, 5.41) is 24.0. The van der Waals surface area contributed by atoms with E-state index in [2.05, 4.69) is 20.8 Å². The smallest absolute Gasteiger partial charge is 0.100 e. The van der Waals surface area contributed by atoms with Crippen molar-refractivity contribution in [3.63, 3.8) is 0 Å². The number of hydrogen-bond donors (Lipinski definition) is 3. The summed E-state index contributed by atoms with van der Waals surface area (Å²) in [5.41, 5.74) is 0. The second-order valence-electron chi connectivity index (χ2n) is 2.94. The molecule has 0 aliphatic heterocycles. The number of hydrogen-bond acceptors (Lipinski definition) is 3. The third-order valence-corrected chi connectivity index (χ3v) is 1.82. The highest BCUT2D eigenvalue weighted by Crippen LogP contribution is 2.02. The quantitative estimate of drug-likeness (QED) is 0.528. The van der Waals surface area contributed by atoms with Crippen LogP contribution >= 0.6 is 0 Å².